The van der Waals surface area contributed by atoms with Crippen LogP contribution in [0.15, 0.2) is 42.5 Å². The molecule has 130 valence electrons. The molecular formula is C16H12F2N2O5. The molecule has 0 radical (unpaired) electrons. The van der Waals surface area contributed by atoms with Crippen LogP contribution in [-0.2, 0) is 4.79 Å². The van der Waals surface area contributed by atoms with Crippen molar-refractivity contribution in [3.63, 3.8) is 0 Å². The number of halogens is 2. The third kappa shape index (κ3) is 3.94. The van der Waals surface area contributed by atoms with Gasteiger partial charge < -0.3 is 25.3 Å². The zero-order chi connectivity index (χ0) is 18.0. The summed E-state index contributed by atoms with van der Waals surface area (Å²) in [6.07, 6.45) is -3.72. The number of fused-ring (bicyclic) bond motifs is 1. The Kier molecular flexibility index (Phi) is 4.14. The van der Waals surface area contributed by atoms with E-state index in [0.29, 0.717) is 11.3 Å². The van der Waals surface area contributed by atoms with Gasteiger partial charge in [-0.2, -0.15) is 0 Å². The number of carbonyl (C=O) groups excluding carboxylic acids is 2. The van der Waals surface area contributed by atoms with Gasteiger partial charge in [0, 0.05) is 17.3 Å². The number of carbonyl (C=O) groups is 2. The summed E-state index contributed by atoms with van der Waals surface area (Å²) in [7, 11) is 0. The monoisotopic (exact) mass is 350 g/mol. The number of nitrogens with one attached hydrogen (secondary N) is 1. The lowest BCUT2D eigenvalue weighted by molar-refractivity contribution is -0.286. The zero-order valence-corrected chi connectivity index (χ0v) is 12.6. The highest BCUT2D eigenvalue weighted by molar-refractivity contribution is 5.93. The van der Waals surface area contributed by atoms with Gasteiger partial charge in [-0.3, -0.25) is 9.59 Å². The normalized spacial score (nSPS) is 14.0. The minimum absolute atomic E-state index is 0.117. The van der Waals surface area contributed by atoms with Gasteiger partial charge in [0.25, 0.3) is 5.91 Å². The second kappa shape index (κ2) is 6.27. The van der Waals surface area contributed by atoms with Gasteiger partial charge in [0.05, 0.1) is 0 Å². The van der Waals surface area contributed by atoms with Crippen molar-refractivity contribution < 1.29 is 32.6 Å². The molecule has 0 saturated carbocycles. The third-order valence-corrected chi connectivity index (χ3v) is 3.19. The Labute approximate surface area is 140 Å². The fourth-order valence-electron chi connectivity index (χ4n) is 2.09. The van der Waals surface area contributed by atoms with Crippen molar-refractivity contribution in [2.24, 2.45) is 5.73 Å². The second-order valence-electron chi connectivity index (χ2n) is 5.05. The molecule has 0 bridgehead atoms. The van der Waals surface area contributed by atoms with Gasteiger partial charge in [-0.05, 0) is 36.4 Å². The van der Waals surface area contributed by atoms with Crippen molar-refractivity contribution in [3.05, 3.63) is 48.0 Å². The van der Waals surface area contributed by atoms with Crippen molar-refractivity contribution in [2.45, 2.75) is 6.29 Å². The van der Waals surface area contributed by atoms with E-state index in [1.54, 1.807) is 0 Å². The minimum atomic E-state index is -3.72. The van der Waals surface area contributed by atoms with Gasteiger partial charge in [0.1, 0.15) is 5.75 Å². The predicted octanol–water partition coefficient (Wildman–Crippen LogP) is 2.12. The van der Waals surface area contributed by atoms with E-state index in [2.05, 4.69) is 14.8 Å². The molecule has 1 aliphatic rings. The first kappa shape index (κ1) is 16.5. The van der Waals surface area contributed by atoms with E-state index in [9.17, 15) is 18.4 Å². The summed E-state index contributed by atoms with van der Waals surface area (Å²) in [6.45, 7) is -0.319. The number of hydrogen-bond donors (Lipinski definition) is 2. The molecule has 25 heavy (non-hydrogen) atoms. The first-order valence-corrected chi connectivity index (χ1v) is 7.05. The van der Waals surface area contributed by atoms with Crippen molar-refractivity contribution in [1.29, 1.82) is 0 Å². The highest BCUT2D eigenvalue weighted by atomic mass is 19.3. The highest BCUT2D eigenvalue weighted by Crippen LogP contribution is 2.42. The van der Waals surface area contributed by atoms with Gasteiger partial charge in [0.2, 0.25) is 5.91 Å². The summed E-state index contributed by atoms with van der Waals surface area (Å²) in [5.41, 5.74) is 5.68. The Morgan fingerprint density at radius 1 is 1.08 bits per heavy atom. The molecule has 1 heterocycles. The summed E-state index contributed by atoms with van der Waals surface area (Å²) >= 11 is 0. The number of hydrogen-bond acceptors (Lipinski definition) is 5. The van der Waals surface area contributed by atoms with Gasteiger partial charge >= 0.3 is 6.29 Å². The standard InChI is InChI=1S/C16H12F2N2O5/c17-16(18)24-12-6-3-10(7-13(12)25-16)20-14(21)8-23-11-4-1-9(2-5-11)15(19)22/h1-7H,8H2,(H2,19,22)(H,20,21). The molecule has 9 heteroatoms. The third-order valence-electron chi connectivity index (χ3n) is 3.19. The average molecular weight is 350 g/mol. The van der Waals surface area contributed by atoms with Crippen LogP contribution in [0.2, 0.25) is 0 Å². The van der Waals surface area contributed by atoms with Crippen molar-refractivity contribution in [2.75, 3.05) is 11.9 Å². The maximum Gasteiger partial charge on any atom is 0.586 e. The van der Waals surface area contributed by atoms with E-state index < -0.39 is 18.1 Å². The molecule has 0 aliphatic carbocycles. The number of amides is 2. The molecule has 3 rings (SSSR count). The smallest absolute Gasteiger partial charge is 0.484 e. The van der Waals surface area contributed by atoms with Crippen LogP contribution in [0.25, 0.3) is 0 Å². The molecular weight excluding hydrogens is 338 g/mol. The minimum Gasteiger partial charge on any atom is -0.484 e. The average Bonchev–Trinajstić information content (AvgIpc) is 2.86. The number of ether oxygens (including phenoxy) is 3. The van der Waals surface area contributed by atoms with Crippen molar-refractivity contribution >= 4 is 17.5 Å². The van der Waals surface area contributed by atoms with Crippen LogP contribution in [-0.4, -0.2) is 24.7 Å². The fourth-order valence-corrected chi connectivity index (χ4v) is 2.09. The molecule has 0 saturated heterocycles. The van der Waals surface area contributed by atoms with Crippen LogP contribution in [0.3, 0.4) is 0 Å². The molecule has 0 spiro atoms. The molecule has 0 aromatic heterocycles. The zero-order valence-electron chi connectivity index (χ0n) is 12.6. The molecule has 7 nitrogen and oxygen atoms in total. The first-order valence-electron chi connectivity index (χ1n) is 7.05. The maximum absolute atomic E-state index is 12.9. The summed E-state index contributed by atoms with van der Waals surface area (Å²) in [4.78, 5) is 22.8. The summed E-state index contributed by atoms with van der Waals surface area (Å²) < 4.78 is 39.7. The lowest BCUT2D eigenvalue weighted by atomic mass is 10.2. The molecule has 3 N–H and O–H groups in total. The lowest BCUT2D eigenvalue weighted by Crippen LogP contribution is -2.25. The SMILES string of the molecule is NC(=O)c1ccc(OCC(=O)Nc2ccc3c(c2)OC(F)(F)O3)cc1. The van der Waals surface area contributed by atoms with Crippen molar-refractivity contribution in [3.8, 4) is 17.2 Å². The van der Waals surface area contributed by atoms with E-state index in [4.69, 9.17) is 10.5 Å². The number of benzene rings is 2. The van der Waals surface area contributed by atoms with E-state index in [1.807, 2.05) is 0 Å². The maximum atomic E-state index is 12.9. The number of alkyl halides is 2. The Morgan fingerprint density at radius 3 is 2.44 bits per heavy atom. The van der Waals surface area contributed by atoms with Gasteiger partial charge in [-0.25, -0.2) is 0 Å². The van der Waals surface area contributed by atoms with Crippen LogP contribution in [0.1, 0.15) is 10.4 Å². The molecule has 2 aromatic carbocycles. The van der Waals surface area contributed by atoms with Crippen molar-refractivity contribution in [1.82, 2.24) is 0 Å². The molecule has 2 amide bonds. The summed E-state index contributed by atoms with van der Waals surface area (Å²) in [6, 6.07) is 9.79. The molecule has 0 fully saturated rings. The highest BCUT2D eigenvalue weighted by Gasteiger charge is 2.43. The van der Waals surface area contributed by atoms with Gasteiger partial charge in [0.15, 0.2) is 18.1 Å². The van der Waals surface area contributed by atoms with E-state index in [-0.39, 0.29) is 23.8 Å². The number of primary amides is 1. The second-order valence-corrected chi connectivity index (χ2v) is 5.05. The Bertz CT molecular complexity index is 824. The molecule has 1 aliphatic heterocycles. The molecule has 0 unspecified atom stereocenters. The van der Waals surface area contributed by atoms with Crippen LogP contribution < -0.4 is 25.3 Å². The Hall–Kier alpha value is -3.36. The van der Waals surface area contributed by atoms with Crippen LogP contribution in [0, 0.1) is 0 Å². The quantitative estimate of drug-likeness (QED) is 0.860. The van der Waals surface area contributed by atoms with E-state index in [0.717, 1.165) is 0 Å². The van der Waals surface area contributed by atoms with Gasteiger partial charge in [-0.15, -0.1) is 8.78 Å². The Morgan fingerprint density at radius 2 is 1.76 bits per heavy atom. The number of anilines is 1. The van der Waals surface area contributed by atoms with Crippen LogP contribution in [0.4, 0.5) is 14.5 Å². The van der Waals surface area contributed by atoms with E-state index in [1.165, 1.54) is 42.5 Å². The fraction of sp³-hybridized carbons (Fsp3) is 0.125. The largest absolute Gasteiger partial charge is 0.586 e. The molecule has 2 aromatic rings. The molecule has 0 atom stereocenters. The predicted molar refractivity (Wildman–Crippen MR) is 81.7 cm³/mol. The van der Waals surface area contributed by atoms with Crippen LogP contribution in [0.5, 0.6) is 17.2 Å². The van der Waals surface area contributed by atoms with Gasteiger partial charge in [-0.1, -0.05) is 0 Å². The number of rotatable bonds is 5. The summed E-state index contributed by atoms with van der Waals surface area (Å²) in [5.74, 6) is -1.01. The van der Waals surface area contributed by atoms with Crippen LogP contribution >= 0.6 is 0 Å². The number of nitrogens with two attached hydrogens (primary N) is 1. The van der Waals surface area contributed by atoms with E-state index >= 15 is 0 Å². The topological polar surface area (TPSA) is 99.9 Å². The Balaban J connectivity index is 1.56. The first-order chi connectivity index (χ1) is 11.8. The lowest BCUT2D eigenvalue weighted by Gasteiger charge is -2.08. The summed E-state index contributed by atoms with van der Waals surface area (Å²) in [5, 5.41) is 2.48.